The summed E-state index contributed by atoms with van der Waals surface area (Å²) in [5.41, 5.74) is 0. The molecule has 0 aromatic carbocycles. The number of carbonyl (C=O) groups excluding carboxylic acids is 2. The van der Waals surface area contributed by atoms with Crippen molar-refractivity contribution >= 4 is 17.8 Å². The normalized spacial score (nSPS) is 23.2. The fourth-order valence-corrected chi connectivity index (χ4v) is 2.69. The fourth-order valence-electron chi connectivity index (χ4n) is 2.69. The molecule has 1 aliphatic carbocycles. The van der Waals surface area contributed by atoms with Gasteiger partial charge in [0.05, 0.1) is 5.92 Å². The van der Waals surface area contributed by atoms with Crippen LogP contribution in [-0.4, -0.2) is 46.9 Å². The number of carboxylic acids is 1. The summed E-state index contributed by atoms with van der Waals surface area (Å²) in [6.45, 7) is 3.16. The molecule has 0 spiro atoms. The van der Waals surface area contributed by atoms with Gasteiger partial charge < -0.3 is 15.3 Å². The second kappa shape index (κ2) is 6.91. The van der Waals surface area contributed by atoms with E-state index in [0.29, 0.717) is 18.9 Å². The van der Waals surface area contributed by atoms with Crippen LogP contribution in [0.1, 0.15) is 45.4 Å². The van der Waals surface area contributed by atoms with Crippen molar-refractivity contribution in [3.63, 3.8) is 0 Å². The number of nitrogens with zero attached hydrogens (tertiary/aromatic N) is 1. The first-order valence-corrected chi connectivity index (χ1v) is 7.82. The van der Waals surface area contributed by atoms with E-state index >= 15 is 0 Å². The fraction of sp³-hybridized carbons (Fsp3) is 0.800. The van der Waals surface area contributed by atoms with Crippen molar-refractivity contribution in [3.8, 4) is 0 Å². The number of likely N-dealkylation sites (tertiary alicyclic amines) is 1. The maximum atomic E-state index is 12.2. The topological polar surface area (TPSA) is 86.7 Å². The Bertz CT molecular complexity index is 420. The number of hydrogen-bond donors (Lipinski definition) is 2. The minimum atomic E-state index is -1.00. The van der Waals surface area contributed by atoms with Crippen LogP contribution in [0.3, 0.4) is 0 Å². The first-order chi connectivity index (χ1) is 10.0. The Hall–Kier alpha value is -1.59. The third-order valence-electron chi connectivity index (χ3n) is 4.22. The molecule has 0 radical (unpaired) electrons. The van der Waals surface area contributed by atoms with Gasteiger partial charge in [0.2, 0.25) is 11.8 Å². The van der Waals surface area contributed by atoms with Gasteiger partial charge in [-0.15, -0.1) is 0 Å². The van der Waals surface area contributed by atoms with E-state index in [-0.39, 0.29) is 18.2 Å². The lowest BCUT2D eigenvalue weighted by Crippen LogP contribution is -2.44. The van der Waals surface area contributed by atoms with Gasteiger partial charge in [-0.1, -0.05) is 19.8 Å². The summed E-state index contributed by atoms with van der Waals surface area (Å²) in [5, 5.41) is 11.7. The van der Waals surface area contributed by atoms with Crippen LogP contribution in [0.5, 0.6) is 0 Å². The molecule has 0 aromatic heterocycles. The predicted molar refractivity (Wildman–Crippen MR) is 76.5 cm³/mol. The van der Waals surface area contributed by atoms with E-state index in [1.807, 2.05) is 6.92 Å². The van der Waals surface area contributed by atoms with Crippen LogP contribution in [0.15, 0.2) is 0 Å². The maximum Gasteiger partial charge on any atom is 0.326 e. The lowest BCUT2D eigenvalue weighted by molar-refractivity contribution is -0.142. The number of aliphatic carboxylic acids is 1. The summed E-state index contributed by atoms with van der Waals surface area (Å²) in [6, 6.07) is -0.843. The zero-order valence-electron chi connectivity index (χ0n) is 12.5. The highest BCUT2D eigenvalue weighted by atomic mass is 16.4. The highest BCUT2D eigenvalue weighted by molar-refractivity contribution is 5.91. The average molecular weight is 296 g/mol. The van der Waals surface area contributed by atoms with Crippen molar-refractivity contribution < 1.29 is 19.5 Å². The molecule has 1 saturated carbocycles. The Morgan fingerprint density at radius 1 is 1.43 bits per heavy atom. The summed E-state index contributed by atoms with van der Waals surface area (Å²) in [7, 11) is 0. The van der Waals surface area contributed by atoms with E-state index in [1.165, 1.54) is 12.8 Å². The van der Waals surface area contributed by atoms with Crippen LogP contribution in [0, 0.1) is 11.8 Å². The molecule has 6 heteroatoms. The summed E-state index contributed by atoms with van der Waals surface area (Å²) < 4.78 is 0. The first-order valence-electron chi connectivity index (χ1n) is 7.82. The molecule has 2 atom stereocenters. The van der Waals surface area contributed by atoms with E-state index in [0.717, 1.165) is 19.4 Å². The number of hydrogen-bond acceptors (Lipinski definition) is 3. The molecule has 118 valence electrons. The van der Waals surface area contributed by atoms with Gasteiger partial charge in [0.1, 0.15) is 6.04 Å². The number of rotatable bonds is 8. The van der Waals surface area contributed by atoms with Crippen LogP contribution in [0.2, 0.25) is 0 Å². The van der Waals surface area contributed by atoms with Crippen molar-refractivity contribution in [3.05, 3.63) is 0 Å². The smallest absolute Gasteiger partial charge is 0.326 e. The molecule has 2 N–H and O–H groups in total. The van der Waals surface area contributed by atoms with Crippen LogP contribution < -0.4 is 5.32 Å². The van der Waals surface area contributed by atoms with E-state index in [9.17, 15) is 14.4 Å². The number of carbonyl (C=O) groups is 3. The molecule has 1 saturated heterocycles. The minimum absolute atomic E-state index is 0.0162. The van der Waals surface area contributed by atoms with Gasteiger partial charge in [-0.2, -0.15) is 0 Å². The van der Waals surface area contributed by atoms with Gasteiger partial charge >= 0.3 is 5.97 Å². The molecule has 1 heterocycles. The number of nitrogens with one attached hydrogen (secondary N) is 1. The van der Waals surface area contributed by atoms with Gasteiger partial charge in [-0.3, -0.25) is 9.59 Å². The van der Waals surface area contributed by atoms with Crippen LogP contribution in [-0.2, 0) is 14.4 Å². The second-order valence-corrected chi connectivity index (χ2v) is 6.18. The summed E-state index contributed by atoms with van der Waals surface area (Å²) >= 11 is 0. The molecule has 2 aliphatic rings. The quantitative estimate of drug-likeness (QED) is 0.699. The van der Waals surface area contributed by atoms with E-state index in [4.69, 9.17) is 5.11 Å². The predicted octanol–water partition coefficient (Wildman–Crippen LogP) is 1.00. The molecule has 21 heavy (non-hydrogen) atoms. The molecular weight excluding hydrogens is 272 g/mol. The third-order valence-corrected chi connectivity index (χ3v) is 4.22. The van der Waals surface area contributed by atoms with E-state index in [2.05, 4.69) is 5.32 Å². The molecule has 2 amide bonds. The first kappa shape index (κ1) is 15.8. The van der Waals surface area contributed by atoms with Crippen molar-refractivity contribution in [2.24, 2.45) is 11.8 Å². The van der Waals surface area contributed by atoms with Crippen LogP contribution >= 0.6 is 0 Å². The van der Waals surface area contributed by atoms with Gasteiger partial charge in [-0.05, 0) is 25.2 Å². The molecule has 2 unspecified atom stereocenters. The highest BCUT2D eigenvalue weighted by Crippen LogP contribution is 2.32. The standard InChI is InChI=1S/C15H24N2O4/c1-2-3-4-12(15(20)21)16-14(19)11-7-13(18)17(9-11)8-10-5-6-10/h10-12H,2-9H2,1H3,(H,16,19)(H,20,21). The number of amides is 2. The second-order valence-electron chi connectivity index (χ2n) is 6.18. The molecule has 2 fully saturated rings. The van der Waals surface area contributed by atoms with Gasteiger partial charge in [0, 0.05) is 19.5 Å². The van der Waals surface area contributed by atoms with Gasteiger partial charge in [0.15, 0.2) is 0 Å². The van der Waals surface area contributed by atoms with Crippen LogP contribution in [0.4, 0.5) is 0 Å². The van der Waals surface area contributed by atoms with Gasteiger partial charge in [-0.25, -0.2) is 4.79 Å². The summed E-state index contributed by atoms with van der Waals surface area (Å²) in [6.07, 6.45) is 4.62. The molecule has 6 nitrogen and oxygen atoms in total. The Balaban J connectivity index is 1.84. The monoisotopic (exact) mass is 296 g/mol. The van der Waals surface area contributed by atoms with Crippen molar-refractivity contribution in [2.75, 3.05) is 13.1 Å². The number of carboxylic acid groups (broad SMARTS) is 1. The molecule has 0 bridgehead atoms. The summed E-state index contributed by atoms with van der Waals surface area (Å²) in [5.74, 6) is -1.09. The zero-order valence-corrected chi connectivity index (χ0v) is 12.5. The van der Waals surface area contributed by atoms with Crippen molar-refractivity contribution in [1.29, 1.82) is 0 Å². The van der Waals surface area contributed by atoms with Crippen LogP contribution in [0.25, 0.3) is 0 Å². The van der Waals surface area contributed by atoms with Crippen molar-refractivity contribution in [1.82, 2.24) is 10.2 Å². The van der Waals surface area contributed by atoms with Gasteiger partial charge in [0.25, 0.3) is 0 Å². The molecule has 1 aliphatic heterocycles. The molecular formula is C15H24N2O4. The number of unbranched alkanes of at least 4 members (excludes halogenated alkanes) is 1. The Kier molecular flexibility index (Phi) is 5.20. The maximum absolute atomic E-state index is 12.2. The Labute approximate surface area is 124 Å². The third kappa shape index (κ3) is 4.44. The molecule has 0 aromatic rings. The summed E-state index contributed by atoms with van der Waals surface area (Å²) in [4.78, 5) is 36.9. The Morgan fingerprint density at radius 2 is 2.14 bits per heavy atom. The van der Waals surface area contributed by atoms with E-state index in [1.54, 1.807) is 4.90 Å². The lowest BCUT2D eigenvalue weighted by atomic mass is 10.1. The minimum Gasteiger partial charge on any atom is -0.480 e. The Morgan fingerprint density at radius 3 is 2.71 bits per heavy atom. The lowest BCUT2D eigenvalue weighted by Gasteiger charge is -2.18. The largest absolute Gasteiger partial charge is 0.480 e. The molecule has 2 rings (SSSR count). The van der Waals surface area contributed by atoms with E-state index < -0.39 is 17.9 Å². The average Bonchev–Trinajstić information content (AvgIpc) is 3.17. The van der Waals surface area contributed by atoms with Crippen molar-refractivity contribution in [2.45, 2.75) is 51.5 Å². The SMILES string of the molecule is CCCCC(NC(=O)C1CC(=O)N(CC2CC2)C1)C(=O)O. The highest BCUT2D eigenvalue weighted by Gasteiger charge is 2.38. The zero-order chi connectivity index (χ0) is 15.4.